The monoisotopic (exact) mass is 454 g/mol. The topological polar surface area (TPSA) is 122 Å². The zero-order valence-electron chi connectivity index (χ0n) is 18.1. The maximum absolute atomic E-state index is 12.1. The van der Waals surface area contributed by atoms with E-state index < -0.39 is 6.03 Å². The van der Waals surface area contributed by atoms with Crippen molar-refractivity contribution in [2.75, 3.05) is 67.7 Å². The Morgan fingerprint density at radius 1 is 0.970 bits per heavy atom. The summed E-state index contributed by atoms with van der Waals surface area (Å²) in [7, 11) is 0. The molecule has 0 unspecified atom stereocenters. The molecule has 11 heteroatoms. The third-order valence-corrected chi connectivity index (χ3v) is 5.43. The molecule has 0 radical (unpaired) electrons. The molecule has 0 aliphatic carbocycles. The fourth-order valence-corrected chi connectivity index (χ4v) is 3.81. The number of ether oxygens (including phenoxy) is 2. The third kappa shape index (κ3) is 5.76. The summed E-state index contributed by atoms with van der Waals surface area (Å²) in [5, 5.41) is 18.6. The van der Waals surface area contributed by atoms with Crippen LogP contribution in [0.5, 0.6) is 0 Å². The van der Waals surface area contributed by atoms with Gasteiger partial charge in [0.05, 0.1) is 37.6 Å². The summed E-state index contributed by atoms with van der Waals surface area (Å²) < 4.78 is 10.9. The molecule has 33 heavy (non-hydrogen) atoms. The van der Waals surface area contributed by atoms with E-state index in [1.165, 1.54) is 12.3 Å². The lowest BCUT2D eigenvalue weighted by atomic mass is 10.1. The van der Waals surface area contributed by atoms with Crippen LogP contribution in [0.4, 0.5) is 27.5 Å². The minimum atomic E-state index is -0.509. The van der Waals surface area contributed by atoms with Crippen LogP contribution in [0.3, 0.4) is 0 Å². The van der Waals surface area contributed by atoms with Crippen LogP contribution in [-0.4, -0.2) is 69.8 Å². The summed E-state index contributed by atoms with van der Waals surface area (Å²) in [6, 6.07) is 11.8. The number of anilines is 3. The normalized spacial score (nSPS) is 16.6. The van der Waals surface area contributed by atoms with Gasteiger partial charge < -0.3 is 24.6 Å². The Morgan fingerprint density at radius 3 is 2.18 bits per heavy atom. The van der Waals surface area contributed by atoms with Crippen molar-refractivity contribution in [1.82, 2.24) is 5.43 Å². The van der Waals surface area contributed by atoms with E-state index in [0.717, 1.165) is 5.69 Å². The van der Waals surface area contributed by atoms with E-state index in [9.17, 15) is 14.9 Å². The van der Waals surface area contributed by atoms with Gasteiger partial charge in [0.1, 0.15) is 5.69 Å². The molecule has 4 rings (SSSR count). The zero-order valence-corrected chi connectivity index (χ0v) is 18.1. The van der Waals surface area contributed by atoms with E-state index in [-0.39, 0.29) is 10.6 Å². The molecule has 0 saturated carbocycles. The van der Waals surface area contributed by atoms with E-state index in [1.54, 1.807) is 12.1 Å². The average molecular weight is 454 g/mol. The number of benzene rings is 2. The van der Waals surface area contributed by atoms with Gasteiger partial charge in [0.2, 0.25) is 0 Å². The number of amides is 2. The Kier molecular flexibility index (Phi) is 7.33. The molecule has 2 N–H and O–H groups in total. The molecule has 0 aromatic heterocycles. The van der Waals surface area contributed by atoms with Crippen molar-refractivity contribution in [3.63, 3.8) is 0 Å². The second-order valence-corrected chi connectivity index (χ2v) is 7.55. The highest BCUT2D eigenvalue weighted by molar-refractivity contribution is 5.94. The third-order valence-electron chi connectivity index (χ3n) is 5.43. The number of carbonyl (C=O) groups is 1. The number of rotatable bonds is 6. The Labute approximate surface area is 191 Å². The number of carbonyl (C=O) groups excluding carboxylic acids is 1. The highest BCUT2D eigenvalue weighted by atomic mass is 16.6. The lowest BCUT2D eigenvalue weighted by Gasteiger charge is -2.33. The highest BCUT2D eigenvalue weighted by Gasteiger charge is 2.26. The Bertz CT molecular complexity index is 1000. The number of para-hydroxylation sites is 1. The van der Waals surface area contributed by atoms with Crippen LogP contribution in [0.1, 0.15) is 5.56 Å². The first-order valence-electron chi connectivity index (χ1n) is 10.7. The molecular weight excluding hydrogens is 428 g/mol. The van der Waals surface area contributed by atoms with Crippen molar-refractivity contribution in [3.05, 3.63) is 58.1 Å². The largest absolute Gasteiger partial charge is 0.378 e. The smallest absolute Gasteiger partial charge is 0.339 e. The summed E-state index contributed by atoms with van der Waals surface area (Å²) in [6.45, 7) is 4.65. The Balaban J connectivity index is 1.60. The summed E-state index contributed by atoms with van der Waals surface area (Å²) in [6.07, 6.45) is 1.44. The molecular formula is C22H26N6O5. The van der Waals surface area contributed by atoms with E-state index in [1.807, 2.05) is 29.2 Å². The number of urea groups is 1. The first kappa shape index (κ1) is 22.5. The molecule has 2 aromatic rings. The molecule has 2 heterocycles. The van der Waals surface area contributed by atoms with Crippen molar-refractivity contribution in [3.8, 4) is 0 Å². The van der Waals surface area contributed by atoms with Gasteiger partial charge in [0.25, 0.3) is 5.69 Å². The molecule has 0 bridgehead atoms. The van der Waals surface area contributed by atoms with Crippen molar-refractivity contribution < 1.29 is 19.2 Å². The van der Waals surface area contributed by atoms with Gasteiger partial charge in [-0.25, -0.2) is 10.2 Å². The average Bonchev–Trinajstić information content (AvgIpc) is 2.85. The first-order valence-corrected chi connectivity index (χ1v) is 10.7. The standard InChI is InChI=1S/C22H26N6O5/c29-22(24-18-4-2-1-3-5-18)25-23-16-17-14-21(28(30)31)20(27-8-12-33-13-9-27)15-19(17)26-6-10-32-11-7-26/h1-5,14-16H,6-13H2,(H2,24,25,29). The van der Waals surface area contributed by atoms with Crippen LogP contribution in [0.15, 0.2) is 47.6 Å². The van der Waals surface area contributed by atoms with E-state index in [4.69, 9.17) is 9.47 Å². The lowest BCUT2D eigenvalue weighted by Crippen LogP contribution is -2.38. The van der Waals surface area contributed by atoms with Crippen LogP contribution in [0, 0.1) is 10.1 Å². The van der Waals surface area contributed by atoms with Crippen molar-refractivity contribution in [1.29, 1.82) is 0 Å². The van der Waals surface area contributed by atoms with Gasteiger partial charge in [0, 0.05) is 49.2 Å². The Morgan fingerprint density at radius 2 is 1.58 bits per heavy atom. The summed E-state index contributed by atoms with van der Waals surface area (Å²) in [5.41, 5.74) is 4.93. The number of nitro benzene ring substituents is 1. The summed E-state index contributed by atoms with van der Waals surface area (Å²) in [4.78, 5) is 27.7. The number of nitrogens with one attached hydrogen (secondary N) is 2. The fourth-order valence-electron chi connectivity index (χ4n) is 3.81. The van der Waals surface area contributed by atoms with Crippen LogP contribution in [-0.2, 0) is 9.47 Å². The molecule has 0 spiro atoms. The van der Waals surface area contributed by atoms with Gasteiger partial charge >= 0.3 is 6.03 Å². The predicted molar refractivity (Wildman–Crippen MR) is 125 cm³/mol. The minimum absolute atomic E-state index is 0.0101. The molecule has 174 valence electrons. The van der Waals surface area contributed by atoms with Gasteiger partial charge in [-0.05, 0) is 18.2 Å². The van der Waals surface area contributed by atoms with Crippen LogP contribution in [0.25, 0.3) is 0 Å². The van der Waals surface area contributed by atoms with Crippen LogP contribution < -0.4 is 20.5 Å². The maximum atomic E-state index is 12.1. The molecule has 2 aromatic carbocycles. The minimum Gasteiger partial charge on any atom is -0.378 e. The van der Waals surface area contributed by atoms with Gasteiger partial charge in [-0.2, -0.15) is 5.10 Å². The summed E-state index contributed by atoms with van der Waals surface area (Å²) in [5.74, 6) is 0. The van der Waals surface area contributed by atoms with Crippen molar-refractivity contribution in [2.45, 2.75) is 0 Å². The second kappa shape index (κ2) is 10.7. The van der Waals surface area contributed by atoms with E-state index in [2.05, 4.69) is 20.7 Å². The van der Waals surface area contributed by atoms with Crippen molar-refractivity contribution in [2.24, 2.45) is 5.10 Å². The number of nitro groups is 1. The molecule has 2 fully saturated rings. The quantitative estimate of drug-likeness (QED) is 0.391. The van der Waals surface area contributed by atoms with Crippen molar-refractivity contribution >= 4 is 35.0 Å². The first-order chi connectivity index (χ1) is 16.1. The summed E-state index contributed by atoms with van der Waals surface area (Å²) >= 11 is 0. The number of hydrogen-bond acceptors (Lipinski definition) is 8. The number of nitrogens with zero attached hydrogens (tertiary/aromatic N) is 4. The molecule has 11 nitrogen and oxygen atoms in total. The molecule has 2 aliphatic rings. The molecule has 2 aliphatic heterocycles. The van der Waals surface area contributed by atoms with Crippen LogP contribution in [0.2, 0.25) is 0 Å². The van der Waals surface area contributed by atoms with Crippen LogP contribution >= 0.6 is 0 Å². The predicted octanol–water partition coefficient (Wildman–Crippen LogP) is 2.42. The zero-order chi connectivity index (χ0) is 23.0. The lowest BCUT2D eigenvalue weighted by molar-refractivity contribution is -0.384. The molecule has 2 saturated heterocycles. The fraction of sp³-hybridized carbons (Fsp3) is 0.364. The van der Waals surface area contributed by atoms with E-state index >= 15 is 0 Å². The number of hydrogen-bond donors (Lipinski definition) is 2. The molecule has 0 atom stereocenters. The van der Waals surface area contributed by atoms with Gasteiger partial charge in [0.15, 0.2) is 0 Å². The van der Waals surface area contributed by atoms with Gasteiger partial charge in [-0.1, -0.05) is 18.2 Å². The van der Waals surface area contributed by atoms with Gasteiger partial charge in [-0.3, -0.25) is 10.1 Å². The van der Waals surface area contributed by atoms with E-state index in [0.29, 0.717) is 69.5 Å². The highest BCUT2D eigenvalue weighted by Crippen LogP contribution is 2.36. The number of morpholine rings is 2. The Hall–Kier alpha value is -3.70. The maximum Gasteiger partial charge on any atom is 0.339 e. The number of hydrazone groups is 1. The second-order valence-electron chi connectivity index (χ2n) is 7.55. The molecule has 2 amide bonds. The SMILES string of the molecule is O=C(NN=Cc1cc([N+](=O)[O-])c(N2CCOCC2)cc1N1CCOCC1)Nc1ccccc1. The van der Waals surface area contributed by atoms with Gasteiger partial charge in [-0.15, -0.1) is 0 Å².